The predicted molar refractivity (Wildman–Crippen MR) is 76.5 cm³/mol. The van der Waals surface area contributed by atoms with E-state index in [0.29, 0.717) is 12.8 Å². The van der Waals surface area contributed by atoms with Crippen LogP contribution in [0.1, 0.15) is 40.4 Å². The summed E-state index contributed by atoms with van der Waals surface area (Å²) in [5, 5.41) is 1.99. The molecule has 0 bridgehead atoms. The number of rotatable bonds is 5. The Kier molecular flexibility index (Phi) is 4.43. The van der Waals surface area contributed by atoms with E-state index in [0.717, 1.165) is 5.56 Å². The standard InChI is InChI=1S/C14H19F3N4O2/c1-8(4-14(15,16)17)21-13(22)23-7-9-2-10(3-9)11-5-19-12(18)20-6-11/h5-6,8-10H,2-4,7H2,1H3,(H,21,22)(H2,18,19,20)/t8-,9?,10?/m0/s1/i7D2. The lowest BCUT2D eigenvalue weighted by Crippen LogP contribution is -2.38. The number of hydrogen-bond donors (Lipinski definition) is 2. The highest BCUT2D eigenvalue weighted by Crippen LogP contribution is 2.41. The number of aromatic nitrogens is 2. The molecule has 23 heavy (non-hydrogen) atoms. The Labute approximate surface area is 134 Å². The van der Waals surface area contributed by atoms with Gasteiger partial charge in [-0.25, -0.2) is 14.8 Å². The van der Waals surface area contributed by atoms with E-state index in [1.807, 2.05) is 5.32 Å². The lowest BCUT2D eigenvalue weighted by molar-refractivity contribution is -0.138. The number of nitrogens with two attached hydrogens (primary N) is 1. The van der Waals surface area contributed by atoms with E-state index in [2.05, 4.69) is 9.97 Å². The third kappa shape index (κ3) is 5.57. The van der Waals surface area contributed by atoms with Crippen LogP contribution in [-0.4, -0.2) is 34.8 Å². The quantitative estimate of drug-likeness (QED) is 0.864. The smallest absolute Gasteiger partial charge is 0.407 e. The molecule has 128 valence electrons. The molecule has 9 heteroatoms. The lowest BCUT2D eigenvalue weighted by Gasteiger charge is -2.34. The Balaban J connectivity index is 1.82. The highest BCUT2D eigenvalue weighted by molar-refractivity contribution is 5.67. The van der Waals surface area contributed by atoms with E-state index >= 15 is 0 Å². The normalized spacial score (nSPS) is 24.0. The molecule has 1 aliphatic carbocycles. The van der Waals surface area contributed by atoms with Gasteiger partial charge in [-0.15, -0.1) is 0 Å². The number of hydrogen-bond acceptors (Lipinski definition) is 5. The number of carbonyl (C=O) groups is 1. The first-order valence-electron chi connectivity index (χ1n) is 8.10. The number of alkyl halides is 3. The van der Waals surface area contributed by atoms with Crippen molar-refractivity contribution in [1.29, 1.82) is 0 Å². The van der Waals surface area contributed by atoms with Gasteiger partial charge in [-0.3, -0.25) is 0 Å². The Morgan fingerprint density at radius 2 is 2.13 bits per heavy atom. The Morgan fingerprint density at radius 3 is 2.70 bits per heavy atom. The molecule has 3 N–H and O–H groups in total. The highest BCUT2D eigenvalue weighted by Gasteiger charge is 2.33. The number of nitrogens with zero attached hydrogens (tertiary/aromatic N) is 2. The van der Waals surface area contributed by atoms with Gasteiger partial charge in [-0.2, -0.15) is 13.2 Å². The minimum Gasteiger partial charge on any atom is -0.449 e. The van der Waals surface area contributed by atoms with Crippen LogP contribution in [0.15, 0.2) is 12.4 Å². The molecule has 0 aromatic carbocycles. The van der Waals surface area contributed by atoms with Crippen LogP contribution in [0.3, 0.4) is 0 Å². The Hall–Kier alpha value is -2.06. The second-order valence-electron chi connectivity index (χ2n) is 5.61. The SMILES string of the molecule is [2H]C([2H])(OC(=O)N[C@@H](C)CC(F)(F)F)C1CC(c2cnc(N)nc2)C1. The molecule has 1 atom stereocenters. The first kappa shape index (κ1) is 14.5. The number of amides is 1. The van der Waals surface area contributed by atoms with Crippen LogP contribution >= 0.6 is 0 Å². The monoisotopic (exact) mass is 334 g/mol. The van der Waals surface area contributed by atoms with E-state index in [1.165, 1.54) is 6.92 Å². The van der Waals surface area contributed by atoms with Crippen molar-refractivity contribution in [3.63, 3.8) is 0 Å². The number of nitrogen functional groups attached to an aromatic ring is 1. The second-order valence-corrected chi connectivity index (χ2v) is 5.61. The molecule has 1 aromatic heterocycles. The molecular formula is C14H19F3N4O2. The van der Waals surface area contributed by atoms with E-state index in [9.17, 15) is 18.0 Å². The molecular weight excluding hydrogens is 313 g/mol. The van der Waals surface area contributed by atoms with Crippen molar-refractivity contribution >= 4 is 12.0 Å². The van der Waals surface area contributed by atoms with Crippen molar-refractivity contribution < 1.29 is 25.4 Å². The van der Waals surface area contributed by atoms with Crippen LogP contribution in [0, 0.1) is 5.92 Å². The fraction of sp³-hybridized carbons (Fsp3) is 0.643. The van der Waals surface area contributed by atoms with Crippen molar-refractivity contribution in [2.45, 2.75) is 44.3 Å². The van der Waals surface area contributed by atoms with Gasteiger partial charge in [0.05, 0.1) is 15.7 Å². The summed E-state index contributed by atoms with van der Waals surface area (Å²) in [6.07, 6.45) is -2.91. The van der Waals surface area contributed by atoms with Gasteiger partial charge in [0, 0.05) is 18.4 Å². The van der Waals surface area contributed by atoms with Crippen LogP contribution < -0.4 is 11.1 Å². The van der Waals surface area contributed by atoms with Gasteiger partial charge in [0.25, 0.3) is 0 Å². The average Bonchev–Trinajstić information content (AvgIpc) is 2.35. The van der Waals surface area contributed by atoms with Crippen LogP contribution in [0.2, 0.25) is 0 Å². The van der Waals surface area contributed by atoms with Crippen LogP contribution in [0.5, 0.6) is 0 Å². The van der Waals surface area contributed by atoms with E-state index in [-0.39, 0.29) is 11.9 Å². The summed E-state index contributed by atoms with van der Waals surface area (Å²) in [7, 11) is 0. The zero-order valence-electron chi connectivity index (χ0n) is 14.4. The fourth-order valence-corrected chi connectivity index (χ4v) is 2.31. The van der Waals surface area contributed by atoms with Crippen molar-refractivity contribution in [3.05, 3.63) is 18.0 Å². The molecule has 6 nitrogen and oxygen atoms in total. The Morgan fingerprint density at radius 1 is 1.52 bits per heavy atom. The second kappa shape index (κ2) is 7.01. The molecule has 0 spiro atoms. The summed E-state index contributed by atoms with van der Waals surface area (Å²) in [6, 6.07) is -1.20. The van der Waals surface area contributed by atoms with Gasteiger partial charge in [0.1, 0.15) is 0 Å². The summed E-state index contributed by atoms with van der Waals surface area (Å²) in [5.41, 5.74) is 6.21. The minimum atomic E-state index is -4.42. The number of ether oxygens (including phenoxy) is 1. The van der Waals surface area contributed by atoms with Crippen LogP contribution in [0.25, 0.3) is 0 Å². The molecule has 0 saturated heterocycles. The molecule has 1 aliphatic rings. The third-order valence-corrected chi connectivity index (χ3v) is 3.52. The van der Waals surface area contributed by atoms with Gasteiger partial charge >= 0.3 is 12.3 Å². The minimum absolute atomic E-state index is 0.0245. The van der Waals surface area contributed by atoms with E-state index in [1.54, 1.807) is 12.4 Å². The molecule has 2 rings (SSSR count). The topological polar surface area (TPSA) is 90.1 Å². The zero-order chi connectivity index (χ0) is 18.8. The Bertz CT molecular complexity index is 607. The maximum Gasteiger partial charge on any atom is 0.407 e. The molecule has 1 amide bonds. The van der Waals surface area contributed by atoms with Gasteiger partial charge in [0.15, 0.2) is 0 Å². The molecule has 1 aromatic rings. The van der Waals surface area contributed by atoms with E-state index in [4.69, 9.17) is 13.2 Å². The summed E-state index contributed by atoms with van der Waals surface area (Å²) in [5.74, 6) is -0.391. The largest absolute Gasteiger partial charge is 0.449 e. The first-order chi connectivity index (χ1) is 11.5. The zero-order valence-corrected chi connectivity index (χ0v) is 12.4. The molecule has 0 aliphatic heterocycles. The van der Waals surface area contributed by atoms with Crippen molar-refractivity contribution in [3.8, 4) is 0 Å². The fourth-order valence-electron chi connectivity index (χ4n) is 2.31. The number of alkyl carbamates (subject to hydrolysis) is 1. The van der Waals surface area contributed by atoms with Gasteiger partial charge < -0.3 is 15.8 Å². The van der Waals surface area contributed by atoms with E-state index < -0.39 is 37.2 Å². The number of nitrogens with one attached hydrogen (secondary N) is 1. The molecule has 1 saturated carbocycles. The van der Waals surface area contributed by atoms with Crippen molar-refractivity contribution in [2.24, 2.45) is 5.92 Å². The van der Waals surface area contributed by atoms with Crippen molar-refractivity contribution in [1.82, 2.24) is 15.3 Å². The third-order valence-electron chi connectivity index (χ3n) is 3.52. The average molecular weight is 334 g/mol. The molecule has 0 unspecified atom stereocenters. The highest BCUT2D eigenvalue weighted by atomic mass is 19.4. The predicted octanol–water partition coefficient (Wildman–Crippen LogP) is 2.62. The van der Waals surface area contributed by atoms with Gasteiger partial charge in [-0.05, 0) is 37.2 Å². The summed E-state index contributed by atoms with van der Waals surface area (Å²) < 4.78 is 57.1. The summed E-state index contributed by atoms with van der Waals surface area (Å²) in [6.45, 7) is -1.10. The maximum absolute atomic E-state index is 12.2. The first-order valence-corrected chi connectivity index (χ1v) is 7.10. The van der Waals surface area contributed by atoms with Gasteiger partial charge in [0.2, 0.25) is 5.95 Å². The number of carbonyl (C=O) groups excluding carboxylic acids is 1. The molecule has 0 radical (unpaired) electrons. The van der Waals surface area contributed by atoms with Crippen LogP contribution in [-0.2, 0) is 4.74 Å². The van der Waals surface area contributed by atoms with Crippen molar-refractivity contribution in [2.75, 3.05) is 12.3 Å². The molecule has 1 heterocycles. The summed E-state index contributed by atoms with van der Waals surface area (Å²) >= 11 is 0. The lowest BCUT2D eigenvalue weighted by atomic mass is 9.72. The van der Waals surface area contributed by atoms with Crippen LogP contribution in [0.4, 0.5) is 23.9 Å². The number of anilines is 1. The molecule has 1 fully saturated rings. The summed E-state index contributed by atoms with van der Waals surface area (Å²) in [4.78, 5) is 19.3. The maximum atomic E-state index is 12.2. The van der Waals surface area contributed by atoms with Gasteiger partial charge in [-0.1, -0.05) is 0 Å². The number of halogens is 3.